The molecular weight excluding hydrogens is 327 g/mol. The van der Waals surface area contributed by atoms with Crippen molar-refractivity contribution < 1.29 is 9.59 Å². The van der Waals surface area contributed by atoms with E-state index in [1.54, 1.807) is 24.3 Å². The van der Waals surface area contributed by atoms with Crippen LogP contribution in [0.2, 0.25) is 10.3 Å². The first kappa shape index (κ1) is 16.2. The first-order chi connectivity index (χ1) is 10.6. The zero-order chi connectivity index (χ0) is 15.9. The monoisotopic (exact) mass is 338 g/mol. The number of carbonyl (C=O) groups is 2. The number of anilines is 2. The summed E-state index contributed by atoms with van der Waals surface area (Å²) in [5.41, 5.74) is 0.815. The highest BCUT2D eigenvalue weighted by Gasteiger charge is 2.10. The van der Waals surface area contributed by atoms with Gasteiger partial charge in [-0.05, 0) is 24.3 Å². The van der Waals surface area contributed by atoms with Gasteiger partial charge in [-0.2, -0.15) is 0 Å². The average molecular weight is 339 g/mol. The molecule has 8 heteroatoms. The molecule has 0 saturated heterocycles. The van der Waals surface area contributed by atoms with Crippen LogP contribution in [0.1, 0.15) is 12.8 Å². The summed E-state index contributed by atoms with van der Waals surface area (Å²) in [4.78, 5) is 31.2. The Hall–Kier alpha value is -2.18. The van der Waals surface area contributed by atoms with E-state index in [1.165, 1.54) is 12.4 Å². The van der Waals surface area contributed by atoms with Gasteiger partial charge in [0.15, 0.2) is 10.3 Å². The van der Waals surface area contributed by atoms with Crippen LogP contribution in [0, 0.1) is 0 Å². The van der Waals surface area contributed by atoms with Crippen molar-refractivity contribution in [2.45, 2.75) is 12.8 Å². The number of nitrogens with one attached hydrogen (secondary N) is 2. The average Bonchev–Trinajstić information content (AvgIpc) is 2.50. The van der Waals surface area contributed by atoms with Gasteiger partial charge in [0.25, 0.3) is 0 Å². The van der Waals surface area contributed by atoms with Gasteiger partial charge >= 0.3 is 0 Å². The Balaban J connectivity index is 1.82. The summed E-state index contributed by atoms with van der Waals surface area (Å²) >= 11 is 11.7. The van der Waals surface area contributed by atoms with Gasteiger partial charge in [-0.3, -0.25) is 9.59 Å². The lowest BCUT2D eigenvalue weighted by molar-refractivity contribution is -0.121. The summed E-state index contributed by atoms with van der Waals surface area (Å²) in [6.07, 6.45) is 3.05. The standard InChI is InChI=1S/C14H12Cl2N4O2/c15-13-9(3-1-7-17-13)19-11(21)5-6-12(22)20-10-4-2-8-18-14(10)16/h1-4,7-8H,5-6H2,(H,19,21)(H,20,22). The van der Waals surface area contributed by atoms with Crippen molar-refractivity contribution in [3.8, 4) is 0 Å². The summed E-state index contributed by atoms with van der Waals surface area (Å²) in [6, 6.07) is 6.56. The van der Waals surface area contributed by atoms with Crippen LogP contribution >= 0.6 is 23.2 Å². The Bertz CT molecular complexity index is 635. The second kappa shape index (κ2) is 7.72. The highest BCUT2D eigenvalue weighted by molar-refractivity contribution is 6.32. The minimum absolute atomic E-state index is 0.00887. The van der Waals surface area contributed by atoms with Crippen molar-refractivity contribution in [1.29, 1.82) is 0 Å². The Morgan fingerprint density at radius 2 is 1.27 bits per heavy atom. The number of aromatic nitrogens is 2. The highest BCUT2D eigenvalue weighted by atomic mass is 35.5. The van der Waals surface area contributed by atoms with E-state index in [1.807, 2.05) is 0 Å². The summed E-state index contributed by atoms with van der Waals surface area (Å²) in [5, 5.41) is 5.57. The number of hydrogen-bond acceptors (Lipinski definition) is 4. The number of nitrogens with zero attached hydrogens (tertiary/aromatic N) is 2. The fraction of sp³-hybridized carbons (Fsp3) is 0.143. The fourth-order valence-corrected chi connectivity index (χ4v) is 1.94. The maximum Gasteiger partial charge on any atom is 0.224 e. The first-order valence-electron chi connectivity index (χ1n) is 6.37. The van der Waals surface area contributed by atoms with Crippen LogP contribution in [-0.2, 0) is 9.59 Å². The molecule has 0 spiro atoms. The van der Waals surface area contributed by atoms with Crippen molar-refractivity contribution in [3.05, 3.63) is 47.0 Å². The Labute approximate surface area is 136 Å². The number of pyridine rings is 2. The predicted molar refractivity (Wildman–Crippen MR) is 85.0 cm³/mol. The molecule has 0 atom stereocenters. The van der Waals surface area contributed by atoms with E-state index < -0.39 is 0 Å². The van der Waals surface area contributed by atoms with Gasteiger partial charge < -0.3 is 10.6 Å². The summed E-state index contributed by atoms with van der Waals surface area (Å²) in [6.45, 7) is 0. The summed E-state index contributed by atoms with van der Waals surface area (Å²) in [7, 11) is 0. The lowest BCUT2D eigenvalue weighted by Gasteiger charge is -2.07. The van der Waals surface area contributed by atoms with E-state index in [9.17, 15) is 9.59 Å². The van der Waals surface area contributed by atoms with Crippen molar-refractivity contribution in [2.75, 3.05) is 10.6 Å². The van der Waals surface area contributed by atoms with Crippen LogP contribution in [-0.4, -0.2) is 21.8 Å². The molecule has 2 aromatic rings. The minimum Gasteiger partial charge on any atom is -0.323 e. The van der Waals surface area contributed by atoms with E-state index in [0.29, 0.717) is 11.4 Å². The van der Waals surface area contributed by atoms with Gasteiger partial charge in [-0.25, -0.2) is 9.97 Å². The molecule has 0 radical (unpaired) electrons. The van der Waals surface area contributed by atoms with Gasteiger partial charge in [-0.15, -0.1) is 0 Å². The van der Waals surface area contributed by atoms with Crippen LogP contribution in [0.25, 0.3) is 0 Å². The molecule has 2 N–H and O–H groups in total. The molecule has 2 heterocycles. The van der Waals surface area contributed by atoms with Crippen molar-refractivity contribution >= 4 is 46.4 Å². The quantitative estimate of drug-likeness (QED) is 0.820. The molecule has 0 aliphatic rings. The topological polar surface area (TPSA) is 84.0 Å². The molecule has 114 valence electrons. The maximum atomic E-state index is 11.8. The smallest absolute Gasteiger partial charge is 0.224 e. The SMILES string of the molecule is O=C(CCC(=O)Nc1cccnc1Cl)Nc1cccnc1Cl. The fourth-order valence-electron chi connectivity index (χ4n) is 1.61. The van der Waals surface area contributed by atoms with E-state index in [0.717, 1.165) is 0 Å². The number of carbonyl (C=O) groups excluding carboxylic acids is 2. The van der Waals surface area contributed by atoms with Gasteiger partial charge in [-0.1, -0.05) is 23.2 Å². The molecule has 6 nitrogen and oxygen atoms in total. The van der Waals surface area contributed by atoms with E-state index >= 15 is 0 Å². The van der Waals surface area contributed by atoms with Gasteiger partial charge in [0.1, 0.15) is 0 Å². The lowest BCUT2D eigenvalue weighted by atomic mass is 10.2. The minimum atomic E-state index is -0.331. The molecule has 2 aromatic heterocycles. The van der Waals surface area contributed by atoms with Crippen LogP contribution in [0.15, 0.2) is 36.7 Å². The number of hydrogen-bond donors (Lipinski definition) is 2. The third-order valence-electron chi connectivity index (χ3n) is 2.65. The molecular formula is C14H12Cl2N4O2. The predicted octanol–water partition coefficient (Wildman–Crippen LogP) is 3.14. The largest absolute Gasteiger partial charge is 0.323 e. The lowest BCUT2D eigenvalue weighted by Crippen LogP contribution is -2.17. The van der Waals surface area contributed by atoms with Gasteiger partial charge in [0.05, 0.1) is 11.4 Å². The van der Waals surface area contributed by atoms with E-state index in [-0.39, 0.29) is 35.0 Å². The van der Waals surface area contributed by atoms with Crippen LogP contribution in [0.5, 0.6) is 0 Å². The Morgan fingerprint density at radius 1 is 0.864 bits per heavy atom. The zero-order valence-electron chi connectivity index (χ0n) is 11.3. The van der Waals surface area contributed by atoms with Crippen molar-refractivity contribution in [3.63, 3.8) is 0 Å². The van der Waals surface area contributed by atoms with Crippen molar-refractivity contribution in [1.82, 2.24) is 9.97 Å². The number of amides is 2. The third kappa shape index (κ3) is 4.68. The Morgan fingerprint density at radius 3 is 1.64 bits per heavy atom. The Kier molecular flexibility index (Phi) is 5.68. The molecule has 22 heavy (non-hydrogen) atoms. The molecule has 0 aromatic carbocycles. The van der Waals surface area contributed by atoms with E-state index in [4.69, 9.17) is 23.2 Å². The van der Waals surface area contributed by atoms with Gasteiger partial charge in [0.2, 0.25) is 11.8 Å². The molecule has 0 bridgehead atoms. The first-order valence-corrected chi connectivity index (χ1v) is 7.12. The van der Waals surface area contributed by atoms with Crippen LogP contribution in [0.4, 0.5) is 11.4 Å². The second-order valence-electron chi connectivity index (χ2n) is 4.28. The highest BCUT2D eigenvalue weighted by Crippen LogP contribution is 2.19. The number of rotatable bonds is 5. The maximum absolute atomic E-state index is 11.8. The van der Waals surface area contributed by atoms with Crippen molar-refractivity contribution in [2.24, 2.45) is 0 Å². The van der Waals surface area contributed by atoms with E-state index in [2.05, 4.69) is 20.6 Å². The van der Waals surface area contributed by atoms with Crippen LogP contribution < -0.4 is 10.6 Å². The second-order valence-corrected chi connectivity index (χ2v) is 5.00. The summed E-state index contributed by atoms with van der Waals surface area (Å²) < 4.78 is 0. The van der Waals surface area contributed by atoms with Gasteiger partial charge in [0, 0.05) is 25.2 Å². The number of halogens is 2. The molecule has 0 unspecified atom stereocenters. The normalized spacial score (nSPS) is 10.1. The third-order valence-corrected chi connectivity index (χ3v) is 3.25. The molecule has 0 aliphatic heterocycles. The van der Waals surface area contributed by atoms with Crippen LogP contribution in [0.3, 0.4) is 0 Å². The zero-order valence-corrected chi connectivity index (χ0v) is 12.9. The summed E-state index contributed by atoms with van der Waals surface area (Å²) in [5.74, 6) is -0.662. The molecule has 2 amide bonds. The molecule has 2 rings (SSSR count). The molecule has 0 fully saturated rings. The molecule has 0 aliphatic carbocycles. The molecule has 0 saturated carbocycles.